The van der Waals surface area contributed by atoms with Crippen molar-refractivity contribution in [3.63, 3.8) is 0 Å². The van der Waals surface area contributed by atoms with E-state index in [2.05, 4.69) is 32.7 Å². The van der Waals surface area contributed by atoms with E-state index >= 15 is 0 Å². The molecule has 0 unspecified atom stereocenters. The number of hydrogen-bond donors (Lipinski definition) is 1. The minimum absolute atomic E-state index is 0.0490. The normalized spacial score (nSPS) is 11.4. The lowest BCUT2D eigenvalue weighted by atomic mass is 9.98. The number of thiocarbonyl (C=S) groups is 1. The van der Waals surface area contributed by atoms with Crippen molar-refractivity contribution in [3.8, 4) is 0 Å². The Labute approximate surface area is 114 Å². The molecule has 1 aromatic carbocycles. The average Bonchev–Trinajstić information content (AvgIpc) is 2.28. The monoisotopic (exact) mass is 270 g/mol. The number of rotatable bonds is 4. The van der Waals surface area contributed by atoms with Crippen LogP contribution in [-0.2, 0) is 0 Å². The molecule has 2 N–H and O–H groups in total. The summed E-state index contributed by atoms with van der Waals surface area (Å²) in [5, 5.41) is 0.652. The van der Waals surface area contributed by atoms with Gasteiger partial charge in [-0.3, -0.25) is 0 Å². The number of benzene rings is 1. The van der Waals surface area contributed by atoms with Gasteiger partial charge in [0.2, 0.25) is 0 Å². The third-order valence-electron chi connectivity index (χ3n) is 3.36. The summed E-state index contributed by atoms with van der Waals surface area (Å²) in [5.41, 5.74) is 7.65. The van der Waals surface area contributed by atoms with Crippen molar-refractivity contribution in [2.45, 2.75) is 32.7 Å². The van der Waals surface area contributed by atoms with Crippen LogP contribution in [0.3, 0.4) is 0 Å². The number of nitrogens with zero attached hydrogens (tertiary/aromatic N) is 1. The Morgan fingerprint density at radius 3 is 2.53 bits per heavy atom. The van der Waals surface area contributed by atoms with Crippen LogP contribution in [0.4, 0.5) is 5.69 Å². The van der Waals surface area contributed by atoms with E-state index in [0.717, 1.165) is 17.7 Å². The fourth-order valence-electron chi connectivity index (χ4n) is 1.56. The molecule has 4 heteroatoms. The maximum Gasteiger partial charge on any atom is 0.106 e. The molecule has 0 saturated heterocycles. The molecular weight excluding hydrogens is 252 g/mol. The minimum Gasteiger partial charge on any atom is -0.389 e. The Kier molecular flexibility index (Phi) is 4.39. The standard InChI is InChI=1S/C13H19ClN2S/c1-5-13(2,3)16(4)11-7-6-9(14)8-10(11)12(15)17/h6-8H,5H2,1-4H3,(H2,15,17). The summed E-state index contributed by atoms with van der Waals surface area (Å²) in [4.78, 5) is 2.57. The van der Waals surface area contributed by atoms with Crippen LogP contribution in [-0.4, -0.2) is 17.6 Å². The smallest absolute Gasteiger partial charge is 0.106 e. The van der Waals surface area contributed by atoms with Crippen LogP contribution in [0.1, 0.15) is 32.8 Å². The molecular formula is C13H19ClN2S. The molecule has 0 aliphatic heterocycles. The Morgan fingerprint density at radius 2 is 2.06 bits per heavy atom. The van der Waals surface area contributed by atoms with Gasteiger partial charge in [-0.05, 0) is 38.5 Å². The third kappa shape index (κ3) is 3.11. The minimum atomic E-state index is 0.0490. The zero-order valence-corrected chi connectivity index (χ0v) is 12.3. The average molecular weight is 271 g/mol. The third-order valence-corrected chi connectivity index (χ3v) is 3.81. The Bertz CT molecular complexity index is 429. The van der Waals surface area contributed by atoms with E-state index in [9.17, 15) is 0 Å². The van der Waals surface area contributed by atoms with Gasteiger partial charge in [0, 0.05) is 28.9 Å². The summed E-state index contributed by atoms with van der Waals surface area (Å²) in [6.45, 7) is 6.53. The lowest BCUT2D eigenvalue weighted by Crippen LogP contribution is -2.41. The highest BCUT2D eigenvalue weighted by Gasteiger charge is 2.23. The van der Waals surface area contributed by atoms with Gasteiger partial charge in [0.25, 0.3) is 0 Å². The highest BCUT2D eigenvalue weighted by molar-refractivity contribution is 7.80. The van der Waals surface area contributed by atoms with Crippen LogP contribution >= 0.6 is 23.8 Å². The van der Waals surface area contributed by atoms with E-state index in [1.54, 1.807) is 0 Å². The lowest BCUT2D eigenvalue weighted by Gasteiger charge is -2.38. The number of anilines is 1. The Balaban J connectivity index is 3.26. The Hall–Kier alpha value is -0.800. The first-order valence-corrected chi connectivity index (χ1v) is 6.41. The summed E-state index contributed by atoms with van der Waals surface area (Å²) in [6, 6.07) is 5.65. The van der Waals surface area contributed by atoms with Gasteiger partial charge >= 0.3 is 0 Å². The molecule has 0 radical (unpaired) electrons. The highest BCUT2D eigenvalue weighted by atomic mass is 35.5. The Morgan fingerprint density at radius 1 is 1.47 bits per heavy atom. The van der Waals surface area contributed by atoms with Crippen LogP contribution in [0.25, 0.3) is 0 Å². The molecule has 0 aliphatic rings. The molecule has 17 heavy (non-hydrogen) atoms. The molecule has 1 rings (SSSR count). The van der Waals surface area contributed by atoms with Crippen molar-refractivity contribution in [2.24, 2.45) is 5.73 Å². The van der Waals surface area contributed by atoms with Crippen molar-refractivity contribution in [2.75, 3.05) is 11.9 Å². The second-order valence-electron chi connectivity index (χ2n) is 4.75. The van der Waals surface area contributed by atoms with E-state index < -0.39 is 0 Å². The van der Waals surface area contributed by atoms with E-state index in [4.69, 9.17) is 29.6 Å². The number of halogens is 1. The predicted octanol–water partition coefficient (Wildman–Crippen LogP) is 3.60. The highest BCUT2D eigenvalue weighted by Crippen LogP contribution is 2.29. The summed E-state index contributed by atoms with van der Waals surface area (Å²) < 4.78 is 0. The fraction of sp³-hybridized carbons (Fsp3) is 0.462. The second kappa shape index (κ2) is 5.23. The molecule has 0 spiro atoms. The largest absolute Gasteiger partial charge is 0.389 e. The number of hydrogen-bond acceptors (Lipinski definition) is 2. The second-order valence-corrected chi connectivity index (χ2v) is 5.63. The lowest BCUT2D eigenvalue weighted by molar-refractivity contribution is 0.470. The van der Waals surface area contributed by atoms with Crippen LogP contribution < -0.4 is 10.6 Å². The number of nitrogens with two attached hydrogens (primary N) is 1. The van der Waals surface area contributed by atoms with Crippen molar-refractivity contribution in [1.82, 2.24) is 0 Å². The van der Waals surface area contributed by atoms with Crippen LogP contribution in [0.5, 0.6) is 0 Å². The van der Waals surface area contributed by atoms with E-state index in [-0.39, 0.29) is 5.54 Å². The zero-order valence-electron chi connectivity index (χ0n) is 10.7. The fourth-order valence-corrected chi connectivity index (χ4v) is 1.90. The van der Waals surface area contributed by atoms with Crippen molar-refractivity contribution in [1.29, 1.82) is 0 Å². The predicted molar refractivity (Wildman–Crippen MR) is 80.1 cm³/mol. The molecule has 0 aliphatic carbocycles. The van der Waals surface area contributed by atoms with Gasteiger partial charge < -0.3 is 10.6 Å². The SMILES string of the molecule is CCC(C)(C)N(C)c1ccc(Cl)cc1C(N)=S. The molecule has 0 aromatic heterocycles. The van der Waals surface area contributed by atoms with Crippen molar-refractivity contribution >= 4 is 34.5 Å². The van der Waals surface area contributed by atoms with Gasteiger partial charge in [0.15, 0.2) is 0 Å². The summed E-state index contributed by atoms with van der Waals surface area (Å²) in [7, 11) is 2.05. The van der Waals surface area contributed by atoms with Gasteiger partial charge in [-0.1, -0.05) is 30.7 Å². The van der Waals surface area contributed by atoms with Crippen LogP contribution in [0, 0.1) is 0 Å². The molecule has 1 aromatic rings. The van der Waals surface area contributed by atoms with Gasteiger partial charge in [-0.25, -0.2) is 0 Å². The van der Waals surface area contributed by atoms with E-state index in [1.807, 2.05) is 18.2 Å². The molecule has 0 fully saturated rings. The quantitative estimate of drug-likeness (QED) is 0.848. The van der Waals surface area contributed by atoms with Gasteiger partial charge in [0.05, 0.1) is 0 Å². The molecule has 0 bridgehead atoms. The maximum absolute atomic E-state index is 5.98. The van der Waals surface area contributed by atoms with E-state index in [1.165, 1.54) is 0 Å². The van der Waals surface area contributed by atoms with Gasteiger partial charge in [-0.15, -0.1) is 0 Å². The molecule has 0 atom stereocenters. The molecule has 0 saturated carbocycles. The van der Waals surface area contributed by atoms with Crippen LogP contribution in [0.15, 0.2) is 18.2 Å². The zero-order chi connectivity index (χ0) is 13.2. The molecule has 2 nitrogen and oxygen atoms in total. The summed E-state index contributed by atoms with van der Waals surface area (Å²) >= 11 is 11.1. The topological polar surface area (TPSA) is 29.3 Å². The van der Waals surface area contributed by atoms with Gasteiger partial charge in [-0.2, -0.15) is 0 Å². The molecule has 0 amide bonds. The molecule has 94 valence electrons. The summed E-state index contributed by atoms with van der Waals surface area (Å²) in [6.07, 6.45) is 1.03. The van der Waals surface area contributed by atoms with Gasteiger partial charge in [0.1, 0.15) is 4.99 Å². The first-order valence-electron chi connectivity index (χ1n) is 5.62. The maximum atomic E-state index is 5.98. The molecule has 0 heterocycles. The van der Waals surface area contributed by atoms with Crippen molar-refractivity contribution < 1.29 is 0 Å². The van der Waals surface area contributed by atoms with Crippen LogP contribution in [0.2, 0.25) is 5.02 Å². The first-order chi connectivity index (χ1) is 7.79. The summed E-state index contributed by atoms with van der Waals surface area (Å²) in [5.74, 6) is 0. The first kappa shape index (κ1) is 14.3. The van der Waals surface area contributed by atoms with E-state index in [0.29, 0.717) is 10.0 Å². The van der Waals surface area contributed by atoms with Crippen molar-refractivity contribution in [3.05, 3.63) is 28.8 Å².